The van der Waals surface area contributed by atoms with Gasteiger partial charge in [0.05, 0.1) is 6.54 Å². The van der Waals surface area contributed by atoms with Gasteiger partial charge >= 0.3 is 12.0 Å². The normalized spacial score (nSPS) is 17.2. The maximum Gasteiger partial charge on any atom is 0.331 e. The quantitative estimate of drug-likeness (QED) is 0.686. The number of likely N-dealkylation sites (tertiary alicyclic amines) is 1. The molecule has 7 heteroatoms. The molecule has 2 aromatic rings. The first-order valence-electron chi connectivity index (χ1n) is 8.23. The van der Waals surface area contributed by atoms with Gasteiger partial charge in [0.1, 0.15) is 6.04 Å². The number of aliphatic carboxylic acids is 1. The summed E-state index contributed by atoms with van der Waals surface area (Å²) >= 11 is 0. The van der Waals surface area contributed by atoms with Crippen molar-refractivity contribution < 1.29 is 19.5 Å². The Morgan fingerprint density at radius 3 is 2.27 bits per heavy atom. The van der Waals surface area contributed by atoms with Crippen LogP contribution in [-0.2, 0) is 16.1 Å². The molecule has 0 aromatic heterocycles. The van der Waals surface area contributed by atoms with Crippen molar-refractivity contribution in [2.45, 2.75) is 18.6 Å². The molecule has 2 aromatic carbocycles. The molecule has 0 aliphatic carbocycles. The summed E-state index contributed by atoms with van der Waals surface area (Å²) in [5.74, 6) is -1.51. The van der Waals surface area contributed by atoms with Gasteiger partial charge in [-0.25, -0.2) is 9.59 Å². The van der Waals surface area contributed by atoms with E-state index in [9.17, 15) is 19.5 Å². The second kappa shape index (κ2) is 7.69. The Hall–Kier alpha value is -3.35. The number of nitrogens with one attached hydrogen (secondary N) is 2. The molecule has 3 amide bonds. The topological polar surface area (TPSA) is 98.7 Å². The molecule has 1 fully saturated rings. The van der Waals surface area contributed by atoms with E-state index < -0.39 is 30.0 Å². The summed E-state index contributed by atoms with van der Waals surface area (Å²) in [5, 5.41) is 14.7. The van der Waals surface area contributed by atoms with Crippen LogP contribution in [0.15, 0.2) is 60.7 Å². The zero-order valence-corrected chi connectivity index (χ0v) is 14.0. The molecular weight excluding hydrogens is 334 g/mol. The summed E-state index contributed by atoms with van der Waals surface area (Å²) in [6.07, 6.45) is 0. The Kier molecular flexibility index (Phi) is 5.17. The monoisotopic (exact) mass is 353 g/mol. The van der Waals surface area contributed by atoms with E-state index >= 15 is 0 Å². The summed E-state index contributed by atoms with van der Waals surface area (Å²) < 4.78 is 0. The Morgan fingerprint density at radius 1 is 1.08 bits per heavy atom. The molecule has 7 nitrogen and oxygen atoms in total. The number of benzene rings is 2. The number of amides is 3. The fraction of sp³-hybridized carbons (Fsp3) is 0.211. The van der Waals surface area contributed by atoms with Gasteiger partial charge in [-0.3, -0.25) is 4.79 Å². The SMILES string of the molecule is O=C(NCc1ccccc1)NC1CN([C@@H](C(=O)O)c2ccccc2)C1=O. The summed E-state index contributed by atoms with van der Waals surface area (Å²) in [7, 11) is 0. The van der Waals surface area contributed by atoms with E-state index in [-0.39, 0.29) is 6.54 Å². The average molecular weight is 353 g/mol. The smallest absolute Gasteiger partial charge is 0.331 e. The third kappa shape index (κ3) is 3.83. The van der Waals surface area contributed by atoms with Crippen LogP contribution in [-0.4, -0.2) is 40.5 Å². The Morgan fingerprint density at radius 2 is 1.69 bits per heavy atom. The van der Waals surface area contributed by atoms with Crippen LogP contribution in [0, 0.1) is 0 Å². The molecule has 2 atom stereocenters. The largest absolute Gasteiger partial charge is 0.479 e. The molecule has 1 saturated heterocycles. The molecule has 1 aliphatic rings. The van der Waals surface area contributed by atoms with Crippen molar-refractivity contribution >= 4 is 17.9 Å². The van der Waals surface area contributed by atoms with Crippen LogP contribution >= 0.6 is 0 Å². The highest BCUT2D eigenvalue weighted by Gasteiger charge is 2.44. The van der Waals surface area contributed by atoms with Crippen molar-refractivity contribution in [2.24, 2.45) is 0 Å². The molecule has 0 radical (unpaired) electrons. The minimum atomic E-state index is -1.10. The fourth-order valence-corrected chi connectivity index (χ4v) is 2.87. The predicted molar refractivity (Wildman–Crippen MR) is 94.1 cm³/mol. The number of hydrogen-bond acceptors (Lipinski definition) is 3. The number of rotatable bonds is 6. The highest BCUT2D eigenvalue weighted by atomic mass is 16.4. The summed E-state index contributed by atoms with van der Waals surface area (Å²) in [4.78, 5) is 37.1. The van der Waals surface area contributed by atoms with Gasteiger partial charge in [-0.2, -0.15) is 0 Å². The first-order chi connectivity index (χ1) is 12.6. The maximum atomic E-state index is 12.3. The molecular formula is C19H19N3O4. The van der Waals surface area contributed by atoms with E-state index in [0.29, 0.717) is 12.1 Å². The van der Waals surface area contributed by atoms with Crippen LogP contribution in [0.5, 0.6) is 0 Å². The lowest BCUT2D eigenvalue weighted by Gasteiger charge is -2.42. The van der Waals surface area contributed by atoms with Crippen LogP contribution < -0.4 is 10.6 Å². The van der Waals surface area contributed by atoms with Gasteiger partial charge in [0, 0.05) is 6.54 Å². The minimum Gasteiger partial charge on any atom is -0.479 e. The van der Waals surface area contributed by atoms with Gasteiger partial charge in [0.15, 0.2) is 6.04 Å². The number of hydrogen-bond donors (Lipinski definition) is 3. The van der Waals surface area contributed by atoms with Crippen molar-refractivity contribution in [1.82, 2.24) is 15.5 Å². The van der Waals surface area contributed by atoms with E-state index in [1.807, 2.05) is 30.3 Å². The van der Waals surface area contributed by atoms with E-state index in [0.717, 1.165) is 5.56 Å². The van der Waals surface area contributed by atoms with Gasteiger partial charge in [0.2, 0.25) is 5.91 Å². The lowest BCUT2D eigenvalue weighted by molar-refractivity contribution is -0.159. The molecule has 26 heavy (non-hydrogen) atoms. The van der Waals surface area contributed by atoms with Crippen molar-refractivity contribution in [3.63, 3.8) is 0 Å². The zero-order valence-electron chi connectivity index (χ0n) is 14.0. The van der Waals surface area contributed by atoms with Crippen LogP contribution in [0.2, 0.25) is 0 Å². The summed E-state index contributed by atoms with van der Waals surface area (Å²) in [5.41, 5.74) is 1.47. The third-order valence-electron chi connectivity index (χ3n) is 4.22. The lowest BCUT2D eigenvalue weighted by Crippen LogP contribution is -2.66. The number of carboxylic acid groups (broad SMARTS) is 1. The minimum absolute atomic E-state index is 0.156. The van der Waals surface area contributed by atoms with Crippen LogP contribution in [0.25, 0.3) is 0 Å². The summed E-state index contributed by atoms with van der Waals surface area (Å²) in [6.45, 7) is 0.502. The molecule has 3 N–H and O–H groups in total. The first-order valence-corrected chi connectivity index (χ1v) is 8.23. The van der Waals surface area contributed by atoms with Gasteiger partial charge in [-0.15, -0.1) is 0 Å². The number of carboxylic acids is 1. The molecule has 0 spiro atoms. The lowest BCUT2D eigenvalue weighted by atomic mass is 9.98. The third-order valence-corrected chi connectivity index (χ3v) is 4.22. The van der Waals surface area contributed by atoms with Gasteiger partial charge < -0.3 is 20.6 Å². The van der Waals surface area contributed by atoms with Gasteiger partial charge in [-0.1, -0.05) is 60.7 Å². The number of carbonyl (C=O) groups is 3. The highest BCUT2D eigenvalue weighted by Crippen LogP contribution is 2.27. The zero-order chi connectivity index (χ0) is 18.5. The van der Waals surface area contributed by atoms with Crippen molar-refractivity contribution in [1.29, 1.82) is 0 Å². The number of nitrogens with zero attached hydrogens (tertiary/aromatic N) is 1. The van der Waals surface area contributed by atoms with Gasteiger partial charge in [0.25, 0.3) is 0 Å². The number of β-lactam (4-membered cyclic amide) rings is 1. The number of urea groups is 1. The highest BCUT2D eigenvalue weighted by molar-refractivity contribution is 5.95. The Labute approximate surface area is 150 Å². The van der Waals surface area contributed by atoms with Crippen molar-refractivity contribution in [3.05, 3.63) is 71.8 Å². The molecule has 1 heterocycles. The standard InChI is InChI=1S/C19H19N3O4/c23-17-15(21-19(26)20-11-13-7-3-1-4-8-13)12-22(17)16(18(24)25)14-9-5-2-6-10-14/h1-10,15-16H,11-12H2,(H,24,25)(H2,20,21,26)/t15?,16-/m1/s1. The molecule has 1 unspecified atom stereocenters. The molecule has 134 valence electrons. The van der Waals surface area contributed by atoms with Crippen molar-refractivity contribution in [3.8, 4) is 0 Å². The molecule has 1 aliphatic heterocycles. The molecule has 0 saturated carbocycles. The van der Waals surface area contributed by atoms with Crippen LogP contribution in [0.4, 0.5) is 4.79 Å². The fourth-order valence-electron chi connectivity index (χ4n) is 2.87. The van der Waals surface area contributed by atoms with Gasteiger partial charge in [-0.05, 0) is 11.1 Å². The van der Waals surface area contributed by atoms with Crippen LogP contribution in [0.3, 0.4) is 0 Å². The number of carbonyl (C=O) groups excluding carboxylic acids is 2. The molecule has 0 bridgehead atoms. The summed E-state index contributed by atoms with van der Waals surface area (Å²) in [6, 6.07) is 15.7. The van der Waals surface area contributed by atoms with Crippen molar-refractivity contribution in [2.75, 3.05) is 6.54 Å². The Bertz CT molecular complexity index is 795. The van der Waals surface area contributed by atoms with Crippen LogP contribution in [0.1, 0.15) is 17.2 Å². The van der Waals surface area contributed by atoms with E-state index in [1.54, 1.807) is 30.3 Å². The predicted octanol–water partition coefficient (Wildman–Crippen LogP) is 1.52. The van der Waals surface area contributed by atoms with E-state index in [1.165, 1.54) is 4.90 Å². The Balaban J connectivity index is 1.54. The molecule has 3 rings (SSSR count). The van der Waals surface area contributed by atoms with E-state index in [4.69, 9.17) is 0 Å². The second-order valence-corrected chi connectivity index (χ2v) is 6.01. The second-order valence-electron chi connectivity index (χ2n) is 6.01. The maximum absolute atomic E-state index is 12.3. The average Bonchev–Trinajstić information content (AvgIpc) is 2.66. The van der Waals surface area contributed by atoms with E-state index in [2.05, 4.69) is 10.6 Å². The first kappa shape index (κ1) is 17.5.